The number of amides is 1. The summed E-state index contributed by atoms with van der Waals surface area (Å²) < 4.78 is 0. The minimum Gasteiger partial charge on any atom is -0.355 e. The van der Waals surface area contributed by atoms with Crippen molar-refractivity contribution in [1.29, 1.82) is 0 Å². The van der Waals surface area contributed by atoms with Gasteiger partial charge in [-0.1, -0.05) is 0 Å². The average Bonchev–Trinajstić information content (AvgIpc) is 2.55. The Labute approximate surface area is 91.4 Å². The number of nitrogens with one attached hydrogen (secondary N) is 2. The summed E-state index contributed by atoms with van der Waals surface area (Å²) in [7, 11) is 2.03. The fraction of sp³-hybridized carbons (Fsp3) is 0.909. The van der Waals surface area contributed by atoms with Crippen LogP contribution in [0.2, 0.25) is 0 Å². The van der Waals surface area contributed by atoms with Crippen molar-refractivity contribution in [3.05, 3.63) is 0 Å². The molecule has 1 atom stereocenters. The third-order valence-electron chi connectivity index (χ3n) is 3.54. The van der Waals surface area contributed by atoms with Crippen LogP contribution < -0.4 is 10.6 Å². The molecule has 0 aromatic carbocycles. The number of carbonyl (C=O) groups is 1. The molecule has 2 N–H and O–H groups in total. The van der Waals surface area contributed by atoms with Crippen LogP contribution in [0, 0.1) is 5.92 Å². The van der Waals surface area contributed by atoms with Gasteiger partial charge in [-0.05, 0) is 51.9 Å². The van der Waals surface area contributed by atoms with Gasteiger partial charge in [0.25, 0.3) is 0 Å². The van der Waals surface area contributed by atoms with E-state index in [1.807, 2.05) is 7.05 Å². The smallest absolute Gasteiger partial charge is 0.237 e. The molecule has 4 nitrogen and oxygen atoms in total. The summed E-state index contributed by atoms with van der Waals surface area (Å²) in [6.07, 6.45) is 3.30. The van der Waals surface area contributed by atoms with Gasteiger partial charge in [-0.25, -0.2) is 0 Å². The van der Waals surface area contributed by atoms with Crippen LogP contribution in [0.25, 0.3) is 0 Å². The van der Waals surface area contributed by atoms with E-state index in [-0.39, 0.29) is 11.9 Å². The van der Waals surface area contributed by atoms with Crippen LogP contribution in [0.1, 0.15) is 19.3 Å². The Bertz CT molecular complexity index is 228. The van der Waals surface area contributed by atoms with Crippen molar-refractivity contribution in [2.24, 2.45) is 5.92 Å². The molecule has 0 radical (unpaired) electrons. The molecule has 1 unspecified atom stereocenters. The molecule has 2 rings (SSSR count). The van der Waals surface area contributed by atoms with E-state index in [4.69, 9.17) is 0 Å². The van der Waals surface area contributed by atoms with Crippen molar-refractivity contribution < 1.29 is 4.79 Å². The van der Waals surface area contributed by atoms with Crippen molar-refractivity contribution in [3.8, 4) is 0 Å². The molecule has 2 heterocycles. The van der Waals surface area contributed by atoms with E-state index in [2.05, 4.69) is 15.5 Å². The van der Waals surface area contributed by atoms with Gasteiger partial charge in [0.1, 0.15) is 0 Å². The summed E-state index contributed by atoms with van der Waals surface area (Å²) in [5, 5.41) is 6.29. The number of hydrogen-bond acceptors (Lipinski definition) is 3. The zero-order valence-electron chi connectivity index (χ0n) is 9.46. The van der Waals surface area contributed by atoms with Crippen LogP contribution in [-0.4, -0.2) is 50.1 Å². The molecule has 0 aliphatic carbocycles. The molecular formula is C11H21N3O. The van der Waals surface area contributed by atoms with Crippen LogP contribution in [0.3, 0.4) is 0 Å². The van der Waals surface area contributed by atoms with Gasteiger partial charge in [0, 0.05) is 6.54 Å². The van der Waals surface area contributed by atoms with Crippen molar-refractivity contribution >= 4 is 5.91 Å². The lowest BCUT2D eigenvalue weighted by Gasteiger charge is -2.27. The van der Waals surface area contributed by atoms with E-state index < -0.39 is 0 Å². The van der Waals surface area contributed by atoms with Crippen molar-refractivity contribution in [1.82, 2.24) is 15.5 Å². The van der Waals surface area contributed by atoms with Gasteiger partial charge in [-0.2, -0.15) is 0 Å². The second-order valence-electron chi connectivity index (χ2n) is 4.74. The maximum absolute atomic E-state index is 11.8. The average molecular weight is 211 g/mol. The standard InChI is InChI=1S/C11H21N3O/c1-14-6-2-3-10(14)11(15)13-5-4-9-7-12-8-9/h9-10,12H,2-8H2,1H3,(H,13,15). The molecule has 2 aliphatic heterocycles. The number of hydrogen-bond donors (Lipinski definition) is 2. The van der Waals surface area contributed by atoms with Gasteiger partial charge in [0.2, 0.25) is 5.91 Å². The van der Waals surface area contributed by atoms with Crippen LogP contribution in [-0.2, 0) is 4.79 Å². The van der Waals surface area contributed by atoms with Gasteiger partial charge in [-0.3, -0.25) is 9.69 Å². The lowest BCUT2D eigenvalue weighted by atomic mass is 9.99. The maximum atomic E-state index is 11.8. The molecule has 15 heavy (non-hydrogen) atoms. The molecule has 0 saturated carbocycles. The van der Waals surface area contributed by atoms with Crippen LogP contribution in [0.5, 0.6) is 0 Å². The number of nitrogens with zero attached hydrogens (tertiary/aromatic N) is 1. The SMILES string of the molecule is CN1CCCC1C(=O)NCCC1CNC1. The van der Waals surface area contributed by atoms with Gasteiger partial charge in [-0.15, -0.1) is 0 Å². The van der Waals surface area contributed by atoms with E-state index >= 15 is 0 Å². The molecule has 2 fully saturated rings. The van der Waals surface area contributed by atoms with E-state index in [0.717, 1.165) is 51.4 Å². The highest BCUT2D eigenvalue weighted by Gasteiger charge is 2.27. The first kappa shape index (κ1) is 10.9. The molecule has 2 aliphatic rings. The topological polar surface area (TPSA) is 44.4 Å². The lowest BCUT2D eigenvalue weighted by molar-refractivity contribution is -0.125. The minimum absolute atomic E-state index is 0.129. The second kappa shape index (κ2) is 4.94. The molecule has 0 aromatic heterocycles. The molecule has 86 valence electrons. The Morgan fingerprint density at radius 3 is 2.87 bits per heavy atom. The molecule has 2 saturated heterocycles. The highest BCUT2D eigenvalue weighted by atomic mass is 16.2. The highest BCUT2D eigenvalue weighted by Crippen LogP contribution is 2.14. The van der Waals surface area contributed by atoms with Crippen molar-refractivity contribution in [2.45, 2.75) is 25.3 Å². The number of carbonyl (C=O) groups excluding carboxylic acids is 1. The summed E-state index contributed by atoms with van der Waals surface area (Å²) >= 11 is 0. The third kappa shape index (κ3) is 2.69. The monoisotopic (exact) mass is 211 g/mol. The number of likely N-dealkylation sites (N-methyl/N-ethyl adjacent to an activating group) is 1. The second-order valence-corrected chi connectivity index (χ2v) is 4.74. The quantitative estimate of drug-likeness (QED) is 0.677. The first-order valence-corrected chi connectivity index (χ1v) is 5.96. The first-order valence-electron chi connectivity index (χ1n) is 5.96. The summed E-state index contributed by atoms with van der Waals surface area (Å²) in [5.41, 5.74) is 0. The lowest BCUT2D eigenvalue weighted by Crippen LogP contribution is -2.45. The van der Waals surface area contributed by atoms with Crippen molar-refractivity contribution in [3.63, 3.8) is 0 Å². The number of likely N-dealkylation sites (tertiary alicyclic amines) is 1. The largest absolute Gasteiger partial charge is 0.355 e. The van der Waals surface area contributed by atoms with Gasteiger partial charge >= 0.3 is 0 Å². The molecule has 4 heteroatoms. The van der Waals surface area contributed by atoms with E-state index in [0.29, 0.717) is 0 Å². The normalized spacial score (nSPS) is 27.7. The fourth-order valence-electron chi connectivity index (χ4n) is 2.31. The van der Waals surface area contributed by atoms with Crippen LogP contribution in [0.15, 0.2) is 0 Å². The Kier molecular flexibility index (Phi) is 3.59. The van der Waals surface area contributed by atoms with Gasteiger partial charge in [0.05, 0.1) is 6.04 Å². The Morgan fingerprint density at radius 2 is 2.33 bits per heavy atom. The summed E-state index contributed by atoms with van der Waals surface area (Å²) in [5.74, 6) is 1.01. The zero-order chi connectivity index (χ0) is 10.7. The molecule has 1 amide bonds. The predicted octanol–water partition coefficient (Wildman–Crippen LogP) is -0.194. The first-order chi connectivity index (χ1) is 7.27. The maximum Gasteiger partial charge on any atom is 0.237 e. The Morgan fingerprint density at radius 1 is 1.53 bits per heavy atom. The van der Waals surface area contributed by atoms with E-state index in [9.17, 15) is 4.79 Å². The van der Waals surface area contributed by atoms with Gasteiger partial charge < -0.3 is 10.6 Å². The Balaban J connectivity index is 1.63. The van der Waals surface area contributed by atoms with Crippen molar-refractivity contribution in [2.75, 3.05) is 33.2 Å². The van der Waals surface area contributed by atoms with E-state index in [1.165, 1.54) is 0 Å². The predicted molar refractivity (Wildman–Crippen MR) is 59.6 cm³/mol. The summed E-state index contributed by atoms with van der Waals surface area (Å²) in [6.45, 7) is 4.15. The van der Waals surface area contributed by atoms with Crippen LogP contribution >= 0.6 is 0 Å². The molecular weight excluding hydrogens is 190 g/mol. The van der Waals surface area contributed by atoms with E-state index in [1.54, 1.807) is 0 Å². The molecule has 0 spiro atoms. The minimum atomic E-state index is 0.129. The summed E-state index contributed by atoms with van der Waals surface area (Å²) in [6, 6.07) is 0.129. The fourth-order valence-corrected chi connectivity index (χ4v) is 2.31. The number of rotatable bonds is 4. The Hall–Kier alpha value is -0.610. The molecule has 0 bridgehead atoms. The van der Waals surface area contributed by atoms with Crippen LogP contribution in [0.4, 0.5) is 0 Å². The zero-order valence-corrected chi connectivity index (χ0v) is 9.46. The summed E-state index contributed by atoms with van der Waals surface area (Å²) in [4.78, 5) is 13.9. The third-order valence-corrected chi connectivity index (χ3v) is 3.54. The molecule has 0 aromatic rings. The highest BCUT2D eigenvalue weighted by molar-refractivity contribution is 5.81. The van der Waals surface area contributed by atoms with Gasteiger partial charge in [0.15, 0.2) is 0 Å².